The van der Waals surface area contributed by atoms with Crippen LogP contribution in [0.25, 0.3) is 0 Å². The molecule has 6 heteroatoms. The molecule has 3 nitrogen and oxygen atoms in total. The molecular formula is C6H8F3NO2. The van der Waals surface area contributed by atoms with Gasteiger partial charge in [0.2, 0.25) is 0 Å². The zero-order valence-electron chi connectivity index (χ0n) is 6.15. The molecule has 0 spiro atoms. The van der Waals surface area contributed by atoms with Gasteiger partial charge in [0.25, 0.3) is 0 Å². The first-order valence-electron chi connectivity index (χ1n) is 3.53. The Morgan fingerprint density at radius 3 is 2.33 bits per heavy atom. The van der Waals surface area contributed by atoms with Gasteiger partial charge in [-0.1, -0.05) is 0 Å². The molecule has 0 atom stereocenters. The first-order valence-corrected chi connectivity index (χ1v) is 3.53. The standard InChI is InChI=1S/C6H8F3NO2/c7-6(8,9)12-5(11)10-4-2-1-3-4/h4H,1-3H2,(H,10,11). The summed E-state index contributed by atoms with van der Waals surface area (Å²) >= 11 is 0. The molecule has 0 unspecified atom stereocenters. The van der Waals surface area contributed by atoms with Crippen molar-refractivity contribution in [3.05, 3.63) is 0 Å². The van der Waals surface area contributed by atoms with Gasteiger partial charge in [-0.15, -0.1) is 13.2 Å². The molecule has 0 aromatic heterocycles. The van der Waals surface area contributed by atoms with Gasteiger partial charge in [-0.3, -0.25) is 0 Å². The molecule has 0 saturated heterocycles. The summed E-state index contributed by atoms with van der Waals surface area (Å²) in [5, 5.41) is 2.09. The van der Waals surface area contributed by atoms with Crippen LogP contribution in [0.2, 0.25) is 0 Å². The summed E-state index contributed by atoms with van der Waals surface area (Å²) in [5.41, 5.74) is 0. The lowest BCUT2D eigenvalue weighted by atomic mass is 9.93. The third kappa shape index (κ3) is 2.98. The topological polar surface area (TPSA) is 38.3 Å². The SMILES string of the molecule is O=C(NC1CCC1)OC(F)(F)F. The van der Waals surface area contributed by atoms with E-state index >= 15 is 0 Å². The van der Waals surface area contributed by atoms with Gasteiger partial charge in [-0.25, -0.2) is 4.79 Å². The van der Waals surface area contributed by atoms with Gasteiger partial charge < -0.3 is 10.1 Å². The second kappa shape index (κ2) is 3.20. The van der Waals surface area contributed by atoms with Crippen molar-refractivity contribution < 1.29 is 22.7 Å². The van der Waals surface area contributed by atoms with Gasteiger partial charge in [0.1, 0.15) is 0 Å². The van der Waals surface area contributed by atoms with E-state index in [4.69, 9.17) is 0 Å². The van der Waals surface area contributed by atoms with Gasteiger partial charge in [-0.2, -0.15) is 0 Å². The molecule has 70 valence electrons. The van der Waals surface area contributed by atoms with Crippen LogP contribution in [0.4, 0.5) is 18.0 Å². The minimum absolute atomic E-state index is 0.139. The van der Waals surface area contributed by atoms with Gasteiger partial charge in [0.15, 0.2) is 0 Å². The average Bonchev–Trinajstić information content (AvgIpc) is 1.74. The molecule has 1 saturated carbocycles. The lowest BCUT2D eigenvalue weighted by Crippen LogP contribution is -2.41. The van der Waals surface area contributed by atoms with Crippen molar-refractivity contribution >= 4 is 6.09 Å². The Balaban J connectivity index is 2.19. The fraction of sp³-hybridized carbons (Fsp3) is 0.833. The van der Waals surface area contributed by atoms with E-state index in [1.807, 2.05) is 0 Å². The minimum Gasteiger partial charge on any atom is -0.356 e. The molecule has 1 aliphatic rings. The van der Waals surface area contributed by atoms with Crippen LogP contribution in [0.3, 0.4) is 0 Å². The van der Waals surface area contributed by atoms with Crippen LogP contribution >= 0.6 is 0 Å². The maximum atomic E-state index is 11.4. The number of ether oxygens (including phenoxy) is 1. The summed E-state index contributed by atoms with van der Waals surface area (Å²) in [7, 11) is 0. The van der Waals surface area contributed by atoms with Gasteiger partial charge in [-0.05, 0) is 19.3 Å². The molecule has 0 aliphatic heterocycles. The minimum atomic E-state index is -4.88. The van der Waals surface area contributed by atoms with E-state index in [-0.39, 0.29) is 6.04 Å². The number of carbonyl (C=O) groups excluding carboxylic acids is 1. The molecule has 1 rings (SSSR count). The Kier molecular flexibility index (Phi) is 2.44. The second-order valence-corrected chi connectivity index (χ2v) is 2.61. The van der Waals surface area contributed by atoms with Crippen LogP contribution in [-0.2, 0) is 4.74 Å². The smallest absolute Gasteiger partial charge is 0.356 e. The normalized spacial score (nSPS) is 18.2. The molecule has 1 N–H and O–H groups in total. The van der Waals surface area contributed by atoms with Crippen molar-refractivity contribution in [1.29, 1.82) is 0 Å². The van der Waals surface area contributed by atoms with Crippen molar-refractivity contribution in [2.24, 2.45) is 0 Å². The zero-order valence-corrected chi connectivity index (χ0v) is 6.15. The fourth-order valence-corrected chi connectivity index (χ4v) is 0.854. The quantitative estimate of drug-likeness (QED) is 0.672. The van der Waals surface area contributed by atoms with Gasteiger partial charge in [0, 0.05) is 6.04 Å². The van der Waals surface area contributed by atoms with Crippen LogP contribution in [-0.4, -0.2) is 18.5 Å². The molecular weight excluding hydrogens is 175 g/mol. The number of alkyl carbamates (subject to hydrolysis) is 1. The molecule has 12 heavy (non-hydrogen) atoms. The molecule has 0 heterocycles. The third-order valence-electron chi connectivity index (χ3n) is 1.64. The monoisotopic (exact) mass is 183 g/mol. The van der Waals surface area contributed by atoms with Crippen LogP contribution in [0.5, 0.6) is 0 Å². The predicted molar refractivity (Wildman–Crippen MR) is 33.3 cm³/mol. The number of rotatable bonds is 1. The van der Waals surface area contributed by atoms with Crippen molar-refractivity contribution in [2.45, 2.75) is 31.7 Å². The molecule has 1 aliphatic carbocycles. The van der Waals surface area contributed by atoms with Crippen molar-refractivity contribution in [3.8, 4) is 0 Å². The highest BCUT2D eigenvalue weighted by molar-refractivity contribution is 5.67. The number of amides is 1. The highest BCUT2D eigenvalue weighted by atomic mass is 19.4. The zero-order chi connectivity index (χ0) is 9.19. The summed E-state index contributed by atoms with van der Waals surface area (Å²) in [6.45, 7) is 0. The maximum Gasteiger partial charge on any atom is 0.576 e. The molecule has 0 bridgehead atoms. The van der Waals surface area contributed by atoms with Crippen molar-refractivity contribution in [2.75, 3.05) is 0 Å². The maximum absolute atomic E-state index is 11.4. The molecule has 1 fully saturated rings. The first kappa shape index (κ1) is 9.15. The van der Waals surface area contributed by atoms with E-state index < -0.39 is 12.5 Å². The second-order valence-electron chi connectivity index (χ2n) is 2.61. The molecule has 0 aromatic rings. The van der Waals surface area contributed by atoms with Crippen LogP contribution < -0.4 is 5.32 Å². The molecule has 0 radical (unpaired) electrons. The third-order valence-corrected chi connectivity index (χ3v) is 1.64. The molecule has 0 aromatic carbocycles. The highest BCUT2D eigenvalue weighted by Crippen LogP contribution is 2.20. The lowest BCUT2D eigenvalue weighted by Gasteiger charge is -2.25. The summed E-state index contributed by atoms with van der Waals surface area (Å²) in [6.07, 6.45) is -3.89. The summed E-state index contributed by atoms with van der Waals surface area (Å²) in [5.74, 6) is 0. The molecule has 1 amide bonds. The summed E-state index contributed by atoms with van der Waals surface area (Å²) in [4.78, 5) is 10.4. The average molecular weight is 183 g/mol. The number of alkyl halides is 3. The number of halogens is 3. The number of nitrogens with one attached hydrogen (secondary N) is 1. The van der Waals surface area contributed by atoms with Gasteiger partial charge >= 0.3 is 12.5 Å². The Bertz CT molecular complexity index is 176. The number of carbonyl (C=O) groups is 1. The van der Waals surface area contributed by atoms with E-state index in [0.717, 1.165) is 19.3 Å². The fourth-order valence-electron chi connectivity index (χ4n) is 0.854. The largest absolute Gasteiger partial charge is 0.576 e. The van der Waals surface area contributed by atoms with Crippen LogP contribution in [0.15, 0.2) is 0 Å². The number of hydrogen-bond acceptors (Lipinski definition) is 2. The first-order chi connectivity index (χ1) is 5.47. The predicted octanol–water partition coefficient (Wildman–Crippen LogP) is 1.78. The Morgan fingerprint density at radius 1 is 1.42 bits per heavy atom. The summed E-state index contributed by atoms with van der Waals surface area (Å²) in [6, 6.07) is -0.139. The highest BCUT2D eigenvalue weighted by Gasteiger charge is 2.35. The van der Waals surface area contributed by atoms with E-state index in [1.54, 1.807) is 0 Å². The lowest BCUT2D eigenvalue weighted by molar-refractivity contribution is -0.291. The van der Waals surface area contributed by atoms with Crippen molar-refractivity contribution in [1.82, 2.24) is 5.32 Å². The van der Waals surface area contributed by atoms with E-state index in [2.05, 4.69) is 10.1 Å². The van der Waals surface area contributed by atoms with Gasteiger partial charge in [0.05, 0.1) is 0 Å². The van der Waals surface area contributed by atoms with Crippen LogP contribution in [0, 0.1) is 0 Å². The number of hydrogen-bond donors (Lipinski definition) is 1. The van der Waals surface area contributed by atoms with E-state index in [0.29, 0.717) is 0 Å². The van der Waals surface area contributed by atoms with Crippen molar-refractivity contribution in [3.63, 3.8) is 0 Å². The Hall–Kier alpha value is -0.940. The van der Waals surface area contributed by atoms with Crippen LogP contribution in [0.1, 0.15) is 19.3 Å². The Labute approximate surface area is 66.9 Å². The van der Waals surface area contributed by atoms with E-state index in [9.17, 15) is 18.0 Å². The van der Waals surface area contributed by atoms with E-state index in [1.165, 1.54) is 0 Å². The Morgan fingerprint density at radius 2 is 2.00 bits per heavy atom. The summed E-state index contributed by atoms with van der Waals surface area (Å²) < 4.78 is 37.3.